The quantitative estimate of drug-likeness (QED) is 0.829. The van der Waals surface area contributed by atoms with Crippen LogP contribution < -0.4 is 5.32 Å². The molecule has 0 bridgehead atoms. The molecule has 0 aromatic carbocycles. The van der Waals surface area contributed by atoms with Crippen LogP contribution in [-0.4, -0.2) is 78.5 Å². The molecular formula is C17H30N4O2. The predicted octanol–water partition coefficient (Wildman–Crippen LogP) is 1.12. The number of carbonyl (C=O) groups is 2. The van der Waals surface area contributed by atoms with E-state index >= 15 is 0 Å². The lowest BCUT2D eigenvalue weighted by molar-refractivity contribution is -0.131. The summed E-state index contributed by atoms with van der Waals surface area (Å²) in [5.41, 5.74) is 0. The molecule has 0 aliphatic carbocycles. The molecule has 1 unspecified atom stereocenters. The molecule has 23 heavy (non-hydrogen) atoms. The minimum absolute atomic E-state index is 0.0697. The zero-order valence-electron chi connectivity index (χ0n) is 14.5. The number of nitrogens with zero attached hydrogens (tertiary/aromatic N) is 3. The molecule has 0 aromatic rings. The normalized spacial score (nSPS) is 28.4. The van der Waals surface area contributed by atoms with Gasteiger partial charge in [0.15, 0.2) is 0 Å². The Morgan fingerprint density at radius 2 is 1.65 bits per heavy atom. The van der Waals surface area contributed by atoms with Crippen LogP contribution in [0.1, 0.15) is 39.0 Å². The minimum atomic E-state index is 0.0697. The van der Waals surface area contributed by atoms with Crippen LogP contribution in [0.2, 0.25) is 0 Å². The van der Waals surface area contributed by atoms with E-state index in [1.54, 1.807) is 0 Å². The average Bonchev–Trinajstić information content (AvgIpc) is 2.88. The van der Waals surface area contributed by atoms with E-state index in [4.69, 9.17) is 0 Å². The second kappa shape index (κ2) is 7.07. The lowest BCUT2D eigenvalue weighted by Gasteiger charge is -2.37. The number of carbonyl (C=O) groups excluding carboxylic acids is 2. The minimum Gasteiger partial charge on any atom is -0.344 e. The molecule has 1 N–H and O–H groups in total. The van der Waals surface area contributed by atoms with Crippen molar-refractivity contribution in [1.29, 1.82) is 0 Å². The number of hydrogen-bond acceptors (Lipinski definition) is 3. The highest BCUT2D eigenvalue weighted by Crippen LogP contribution is 2.21. The van der Waals surface area contributed by atoms with Gasteiger partial charge in [-0.15, -0.1) is 0 Å². The lowest BCUT2D eigenvalue weighted by atomic mass is 9.99. The van der Waals surface area contributed by atoms with Crippen LogP contribution in [0.5, 0.6) is 0 Å². The molecular weight excluding hydrogens is 292 g/mol. The summed E-state index contributed by atoms with van der Waals surface area (Å²) in [6, 6.07) is 0.430. The molecule has 3 heterocycles. The van der Waals surface area contributed by atoms with Gasteiger partial charge in [-0.25, -0.2) is 4.79 Å². The Morgan fingerprint density at radius 1 is 1.00 bits per heavy atom. The van der Waals surface area contributed by atoms with E-state index in [0.717, 1.165) is 70.7 Å². The Bertz CT molecular complexity index is 440. The van der Waals surface area contributed by atoms with E-state index in [-0.39, 0.29) is 24.0 Å². The fourth-order valence-corrected chi connectivity index (χ4v) is 3.98. The largest absolute Gasteiger partial charge is 0.344 e. The summed E-state index contributed by atoms with van der Waals surface area (Å²) in [7, 11) is 1.88. The van der Waals surface area contributed by atoms with Gasteiger partial charge in [-0.1, -0.05) is 6.92 Å². The zero-order chi connectivity index (χ0) is 16.4. The summed E-state index contributed by atoms with van der Waals surface area (Å²) in [4.78, 5) is 30.5. The van der Waals surface area contributed by atoms with Gasteiger partial charge in [-0.05, 0) is 38.0 Å². The maximum atomic E-state index is 12.3. The van der Waals surface area contributed by atoms with E-state index in [0.29, 0.717) is 0 Å². The van der Waals surface area contributed by atoms with Crippen LogP contribution in [0.25, 0.3) is 0 Å². The monoisotopic (exact) mass is 322 g/mol. The highest BCUT2D eigenvalue weighted by Gasteiger charge is 2.36. The van der Waals surface area contributed by atoms with Crippen LogP contribution in [0.3, 0.4) is 0 Å². The number of likely N-dealkylation sites (tertiary alicyclic amines) is 3. The van der Waals surface area contributed by atoms with Crippen LogP contribution in [0.15, 0.2) is 0 Å². The lowest BCUT2D eigenvalue weighted by Crippen LogP contribution is -2.53. The molecule has 130 valence electrons. The van der Waals surface area contributed by atoms with E-state index < -0.39 is 0 Å². The van der Waals surface area contributed by atoms with Crippen molar-refractivity contribution in [1.82, 2.24) is 20.0 Å². The van der Waals surface area contributed by atoms with Crippen molar-refractivity contribution in [2.45, 2.75) is 51.1 Å². The smallest absolute Gasteiger partial charge is 0.317 e. The molecule has 3 aliphatic rings. The first-order valence-electron chi connectivity index (χ1n) is 9.09. The molecule has 0 aromatic heterocycles. The highest BCUT2D eigenvalue weighted by molar-refractivity contribution is 5.83. The van der Waals surface area contributed by atoms with Gasteiger partial charge in [0, 0.05) is 45.8 Å². The van der Waals surface area contributed by atoms with Gasteiger partial charge in [-0.3, -0.25) is 9.69 Å². The SMILES string of the molecule is CC1CCN(C(=O)NC2CCN(C3CCN(C)C3=O)CC2)CC1. The molecule has 3 amide bonds. The fourth-order valence-electron chi connectivity index (χ4n) is 3.98. The standard InChI is InChI=1S/C17H30N4O2/c1-13-3-9-21(10-4-13)17(23)18-14-5-11-20(12-6-14)15-7-8-19(2)16(15)22/h13-15H,3-12H2,1-2H3,(H,18,23). The van der Waals surface area contributed by atoms with E-state index in [1.165, 1.54) is 0 Å². The van der Waals surface area contributed by atoms with Crippen molar-refractivity contribution in [3.8, 4) is 0 Å². The first kappa shape index (κ1) is 16.6. The third kappa shape index (κ3) is 3.79. The Morgan fingerprint density at radius 3 is 2.22 bits per heavy atom. The van der Waals surface area contributed by atoms with E-state index in [9.17, 15) is 9.59 Å². The van der Waals surface area contributed by atoms with Gasteiger partial charge in [0.1, 0.15) is 0 Å². The van der Waals surface area contributed by atoms with Crippen LogP contribution in [0, 0.1) is 5.92 Å². The third-order valence-corrected chi connectivity index (χ3v) is 5.77. The second-order valence-corrected chi connectivity index (χ2v) is 7.49. The molecule has 0 saturated carbocycles. The highest BCUT2D eigenvalue weighted by atomic mass is 16.2. The molecule has 3 rings (SSSR count). The van der Waals surface area contributed by atoms with Crippen molar-refractivity contribution in [3.05, 3.63) is 0 Å². The van der Waals surface area contributed by atoms with Crippen LogP contribution in [-0.2, 0) is 4.79 Å². The summed E-state index contributed by atoms with van der Waals surface area (Å²) in [6.45, 7) is 6.71. The van der Waals surface area contributed by atoms with Gasteiger partial charge >= 0.3 is 6.03 Å². The van der Waals surface area contributed by atoms with Crippen molar-refractivity contribution in [3.63, 3.8) is 0 Å². The topological polar surface area (TPSA) is 55.9 Å². The van der Waals surface area contributed by atoms with Crippen molar-refractivity contribution < 1.29 is 9.59 Å². The first-order valence-corrected chi connectivity index (χ1v) is 9.09. The molecule has 6 heteroatoms. The second-order valence-electron chi connectivity index (χ2n) is 7.49. The molecule has 1 atom stereocenters. The Labute approximate surface area is 139 Å². The Kier molecular flexibility index (Phi) is 5.09. The van der Waals surface area contributed by atoms with Crippen molar-refractivity contribution in [2.75, 3.05) is 39.8 Å². The maximum absolute atomic E-state index is 12.3. The van der Waals surface area contributed by atoms with E-state index in [1.807, 2.05) is 16.8 Å². The summed E-state index contributed by atoms with van der Waals surface area (Å²) < 4.78 is 0. The van der Waals surface area contributed by atoms with Crippen molar-refractivity contribution >= 4 is 11.9 Å². The summed E-state index contributed by atoms with van der Waals surface area (Å²) >= 11 is 0. The van der Waals surface area contributed by atoms with Gasteiger partial charge in [-0.2, -0.15) is 0 Å². The third-order valence-electron chi connectivity index (χ3n) is 5.77. The summed E-state index contributed by atoms with van der Waals surface area (Å²) in [5.74, 6) is 0.999. The van der Waals surface area contributed by atoms with Gasteiger partial charge in [0.2, 0.25) is 5.91 Å². The molecule has 3 fully saturated rings. The summed E-state index contributed by atoms with van der Waals surface area (Å²) in [5, 5.41) is 3.20. The number of nitrogens with one attached hydrogen (secondary N) is 1. The number of piperidine rings is 2. The Hall–Kier alpha value is -1.30. The predicted molar refractivity (Wildman–Crippen MR) is 89.1 cm³/mol. The van der Waals surface area contributed by atoms with E-state index in [2.05, 4.69) is 17.1 Å². The summed E-state index contributed by atoms with van der Waals surface area (Å²) in [6.07, 6.45) is 5.07. The van der Waals surface area contributed by atoms with Crippen molar-refractivity contribution in [2.24, 2.45) is 5.92 Å². The Balaban J connectivity index is 1.42. The number of hydrogen-bond donors (Lipinski definition) is 1. The molecule has 0 spiro atoms. The number of likely N-dealkylation sites (N-methyl/N-ethyl adjacent to an activating group) is 1. The first-order chi connectivity index (χ1) is 11.0. The van der Waals surface area contributed by atoms with Gasteiger partial charge in [0.25, 0.3) is 0 Å². The number of rotatable bonds is 2. The number of urea groups is 1. The van der Waals surface area contributed by atoms with Gasteiger partial charge in [0.05, 0.1) is 6.04 Å². The molecule has 3 aliphatic heterocycles. The molecule has 3 saturated heterocycles. The number of amides is 3. The van der Waals surface area contributed by atoms with Gasteiger partial charge < -0.3 is 15.1 Å². The zero-order valence-corrected chi connectivity index (χ0v) is 14.5. The molecule has 0 radical (unpaired) electrons. The van der Waals surface area contributed by atoms with Crippen LogP contribution >= 0.6 is 0 Å². The maximum Gasteiger partial charge on any atom is 0.317 e. The van der Waals surface area contributed by atoms with Crippen LogP contribution in [0.4, 0.5) is 4.79 Å². The average molecular weight is 322 g/mol. The fraction of sp³-hybridized carbons (Fsp3) is 0.882. The molecule has 6 nitrogen and oxygen atoms in total.